The van der Waals surface area contributed by atoms with Crippen LogP contribution in [-0.4, -0.2) is 30.6 Å². The van der Waals surface area contributed by atoms with E-state index >= 15 is 0 Å². The molecule has 0 bridgehead atoms. The topological polar surface area (TPSA) is 141 Å². The predicted molar refractivity (Wildman–Crippen MR) is 67.1 cm³/mol. The van der Waals surface area contributed by atoms with Crippen LogP contribution in [0.25, 0.3) is 11.1 Å². The van der Waals surface area contributed by atoms with Gasteiger partial charge in [-0.05, 0) is 6.07 Å². The average molecular weight is 286 g/mol. The highest BCUT2D eigenvalue weighted by molar-refractivity contribution is 7.89. The Morgan fingerprint density at radius 1 is 1.47 bits per heavy atom. The third kappa shape index (κ3) is 3.39. The number of aromatic nitrogens is 1. The van der Waals surface area contributed by atoms with Crippen LogP contribution in [0, 0.1) is 10.1 Å². The van der Waals surface area contributed by atoms with Crippen molar-refractivity contribution in [1.82, 2.24) is 4.98 Å². The Balaban J connectivity index is 2.15. The number of non-ortho nitro benzene ring substituents is 1. The molecule has 0 amide bonds. The van der Waals surface area contributed by atoms with Crippen LogP contribution in [0.2, 0.25) is 0 Å². The molecule has 2 aromatic rings. The second-order valence-electron chi connectivity index (χ2n) is 3.72. The number of fused-ring (bicyclic) bond motifs is 1. The number of primary sulfonamides is 1. The average Bonchev–Trinajstić information content (AvgIpc) is 2.68. The fourth-order valence-corrected chi connectivity index (χ4v) is 1.79. The molecule has 10 heteroatoms. The molecule has 0 radical (unpaired) electrons. The first-order valence-electron chi connectivity index (χ1n) is 5.14. The molecule has 1 heterocycles. The van der Waals surface area contributed by atoms with Gasteiger partial charge in [0.2, 0.25) is 10.0 Å². The molecule has 2 rings (SSSR count). The van der Waals surface area contributed by atoms with E-state index in [0.717, 1.165) is 0 Å². The first kappa shape index (κ1) is 13.2. The van der Waals surface area contributed by atoms with Crippen LogP contribution in [0.4, 0.5) is 11.7 Å². The molecule has 0 atom stereocenters. The lowest BCUT2D eigenvalue weighted by Crippen LogP contribution is -2.22. The third-order valence-electron chi connectivity index (χ3n) is 2.24. The summed E-state index contributed by atoms with van der Waals surface area (Å²) in [6, 6.07) is 4.07. The van der Waals surface area contributed by atoms with Crippen molar-refractivity contribution in [3.63, 3.8) is 0 Å². The van der Waals surface area contributed by atoms with E-state index in [0.29, 0.717) is 11.1 Å². The predicted octanol–water partition coefficient (Wildman–Crippen LogP) is 0.436. The van der Waals surface area contributed by atoms with Gasteiger partial charge in [-0.1, -0.05) is 0 Å². The monoisotopic (exact) mass is 286 g/mol. The van der Waals surface area contributed by atoms with Crippen LogP contribution in [0.3, 0.4) is 0 Å². The van der Waals surface area contributed by atoms with Crippen molar-refractivity contribution in [2.75, 3.05) is 17.6 Å². The van der Waals surface area contributed by atoms with Crippen molar-refractivity contribution in [1.29, 1.82) is 0 Å². The van der Waals surface area contributed by atoms with Gasteiger partial charge in [-0.2, -0.15) is 4.98 Å². The number of benzene rings is 1. The minimum atomic E-state index is -3.56. The van der Waals surface area contributed by atoms with Crippen molar-refractivity contribution in [2.24, 2.45) is 5.14 Å². The van der Waals surface area contributed by atoms with E-state index in [1.165, 1.54) is 18.2 Å². The number of nitrogens with zero attached hydrogens (tertiary/aromatic N) is 2. The zero-order chi connectivity index (χ0) is 14.0. The van der Waals surface area contributed by atoms with Crippen molar-refractivity contribution >= 4 is 32.8 Å². The smallest absolute Gasteiger partial charge is 0.295 e. The Morgan fingerprint density at radius 2 is 2.21 bits per heavy atom. The van der Waals surface area contributed by atoms with Crippen LogP contribution in [0.5, 0.6) is 0 Å². The molecule has 1 aromatic carbocycles. The number of nitrogens with one attached hydrogen (secondary N) is 1. The highest BCUT2D eigenvalue weighted by Gasteiger charge is 2.11. The molecule has 1 aromatic heterocycles. The molecular formula is C9H10N4O5S. The SMILES string of the molecule is NS(=O)(=O)CCNc1nc2cc([N+](=O)[O-])ccc2o1. The van der Waals surface area contributed by atoms with Gasteiger partial charge in [0.15, 0.2) is 5.58 Å². The van der Waals surface area contributed by atoms with Crippen LogP contribution in [0.1, 0.15) is 0 Å². The maximum absolute atomic E-state index is 10.7. The van der Waals surface area contributed by atoms with E-state index in [2.05, 4.69) is 10.3 Å². The van der Waals surface area contributed by atoms with Gasteiger partial charge in [0.05, 0.1) is 10.7 Å². The van der Waals surface area contributed by atoms with Gasteiger partial charge in [-0.25, -0.2) is 13.6 Å². The number of nitrogens with two attached hydrogens (primary N) is 1. The summed E-state index contributed by atoms with van der Waals surface area (Å²) in [5, 5.41) is 18.1. The van der Waals surface area contributed by atoms with Gasteiger partial charge in [-0.15, -0.1) is 0 Å². The maximum Gasteiger partial charge on any atom is 0.295 e. The fraction of sp³-hybridized carbons (Fsp3) is 0.222. The largest absolute Gasteiger partial charge is 0.424 e. The van der Waals surface area contributed by atoms with Crippen LogP contribution >= 0.6 is 0 Å². The Kier molecular flexibility index (Phi) is 3.36. The Labute approximate surface area is 107 Å². The maximum atomic E-state index is 10.7. The molecule has 3 N–H and O–H groups in total. The van der Waals surface area contributed by atoms with Crippen LogP contribution < -0.4 is 10.5 Å². The van der Waals surface area contributed by atoms with Gasteiger partial charge in [0.1, 0.15) is 5.52 Å². The lowest BCUT2D eigenvalue weighted by atomic mass is 10.3. The minimum absolute atomic E-state index is 0.0355. The molecule has 0 aliphatic rings. The highest BCUT2D eigenvalue weighted by atomic mass is 32.2. The summed E-state index contributed by atoms with van der Waals surface area (Å²) in [4.78, 5) is 14.0. The molecule has 0 saturated heterocycles. The first-order valence-corrected chi connectivity index (χ1v) is 6.86. The van der Waals surface area contributed by atoms with Crippen molar-refractivity contribution in [3.05, 3.63) is 28.3 Å². The zero-order valence-electron chi connectivity index (χ0n) is 9.57. The summed E-state index contributed by atoms with van der Waals surface area (Å²) in [5.74, 6) is -0.272. The van der Waals surface area contributed by atoms with Crippen molar-refractivity contribution < 1.29 is 17.8 Å². The summed E-state index contributed by atoms with van der Waals surface area (Å²) >= 11 is 0. The lowest BCUT2D eigenvalue weighted by molar-refractivity contribution is -0.384. The molecule has 0 spiro atoms. The Hall–Kier alpha value is -2.20. The standard InChI is InChI=1S/C9H10N4O5S/c10-19(16,17)4-3-11-9-12-7-5-6(13(14)15)1-2-8(7)18-9/h1-2,5H,3-4H2,(H,11,12)(H2,10,16,17). The van der Waals surface area contributed by atoms with Crippen molar-refractivity contribution in [2.45, 2.75) is 0 Å². The fourth-order valence-electron chi connectivity index (χ4n) is 1.41. The van der Waals surface area contributed by atoms with Crippen molar-refractivity contribution in [3.8, 4) is 0 Å². The van der Waals surface area contributed by atoms with Gasteiger partial charge < -0.3 is 9.73 Å². The molecule has 0 unspecified atom stereocenters. The van der Waals surface area contributed by atoms with E-state index in [9.17, 15) is 18.5 Å². The first-order chi connectivity index (χ1) is 8.85. The zero-order valence-corrected chi connectivity index (χ0v) is 10.4. The molecule has 9 nitrogen and oxygen atoms in total. The molecule has 0 aliphatic heterocycles. The molecule has 102 valence electrons. The Morgan fingerprint density at radius 3 is 2.84 bits per heavy atom. The quantitative estimate of drug-likeness (QED) is 0.599. The van der Waals surface area contributed by atoms with Gasteiger partial charge >= 0.3 is 0 Å². The molecule has 0 aliphatic carbocycles. The van der Waals surface area contributed by atoms with E-state index < -0.39 is 14.9 Å². The van der Waals surface area contributed by atoms with Gasteiger partial charge in [0.25, 0.3) is 11.7 Å². The second-order valence-corrected chi connectivity index (χ2v) is 5.46. The number of sulfonamides is 1. The third-order valence-corrected chi connectivity index (χ3v) is 3.02. The van der Waals surface area contributed by atoms with Gasteiger partial charge in [0, 0.05) is 18.7 Å². The van der Waals surface area contributed by atoms with E-state index in [1.807, 2.05) is 0 Å². The normalized spacial score (nSPS) is 11.6. The summed E-state index contributed by atoms with van der Waals surface area (Å²) in [6.07, 6.45) is 0. The number of oxazole rings is 1. The summed E-state index contributed by atoms with van der Waals surface area (Å²) in [7, 11) is -3.56. The van der Waals surface area contributed by atoms with Crippen LogP contribution in [0.15, 0.2) is 22.6 Å². The number of hydrogen-bond donors (Lipinski definition) is 2. The molecule has 0 saturated carbocycles. The van der Waals surface area contributed by atoms with E-state index in [-0.39, 0.29) is 24.0 Å². The lowest BCUT2D eigenvalue weighted by Gasteiger charge is -1.98. The van der Waals surface area contributed by atoms with Crippen LogP contribution in [-0.2, 0) is 10.0 Å². The Bertz CT molecular complexity index is 723. The highest BCUT2D eigenvalue weighted by Crippen LogP contribution is 2.23. The number of hydrogen-bond acceptors (Lipinski definition) is 7. The molecule has 0 fully saturated rings. The number of nitro groups is 1. The summed E-state index contributed by atoms with van der Waals surface area (Å²) in [5.41, 5.74) is 0.577. The van der Waals surface area contributed by atoms with Gasteiger partial charge in [-0.3, -0.25) is 10.1 Å². The minimum Gasteiger partial charge on any atom is -0.424 e. The molecular weight excluding hydrogens is 276 g/mol. The number of nitro benzene ring substituents is 1. The molecule has 19 heavy (non-hydrogen) atoms. The summed E-state index contributed by atoms with van der Waals surface area (Å²) < 4.78 is 26.7. The summed E-state index contributed by atoms with van der Waals surface area (Å²) in [6.45, 7) is 0.0355. The number of anilines is 1. The van der Waals surface area contributed by atoms with E-state index in [1.54, 1.807) is 0 Å². The second kappa shape index (κ2) is 4.82. The van der Waals surface area contributed by atoms with E-state index in [4.69, 9.17) is 9.56 Å². The number of rotatable bonds is 5.